The van der Waals surface area contributed by atoms with E-state index in [9.17, 15) is 0 Å². The number of hydrogen-bond donors (Lipinski definition) is 1. The summed E-state index contributed by atoms with van der Waals surface area (Å²) in [5.74, 6) is 1.43. The zero-order chi connectivity index (χ0) is 13.8. The molecule has 106 valence electrons. The Labute approximate surface area is 118 Å². The Bertz CT molecular complexity index is 383. The van der Waals surface area contributed by atoms with Gasteiger partial charge in [0.2, 0.25) is 0 Å². The molecule has 0 radical (unpaired) electrons. The molecule has 2 nitrogen and oxygen atoms in total. The van der Waals surface area contributed by atoms with Crippen LogP contribution in [0.5, 0.6) is 0 Å². The van der Waals surface area contributed by atoms with Crippen molar-refractivity contribution in [2.75, 3.05) is 19.6 Å². The molecular formula is C17H28N2. The predicted molar refractivity (Wildman–Crippen MR) is 82.1 cm³/mol. The summed E-state index contributed by atoms with van der Waals surface area (Å²) in [4.78, 5) is 2.56. The van der Waals surface area contributed by atoms with Gasteiger partial charge in [-0.2, -0.15) is 0 Å². The molecule has 19 heavy (non-hydrogen) atoms. The average molecular weight is 260 g/mol. The Balaban J connectivity index is 1.97. The van der Waals surface area contributed by atoms with Crippen molar-refractivity contribution in [1.29, 1.82) is 0 Å². The topological polar surface area (TPSA) is 29.3 Å². The van der Waals surface area contributed by atoms with E-state index in [0.717, 1.165) is 19.0 Å². The van der Waals surface area contributed by atoms with Crippen molar-refractivity contribution in [2.24, 2.45) is 17.6 Å². The van der Waals surface area contributed by atoms with Crippen LogP contribution >= 0.6 is 0 Å². The molecule has 2 atom stereocenters. The summed E-state index contributed by atoms with van der Waals surface area (Å²) >= 11 is 0. The molecule has 0 saturated carbocycles. The van der Waals surface area contributed by atoms with E-state index in [1.807, 2.05) is 0 Å². The number of nitrogens with two attached hydrogens (primary N) is 1. The van der Waals surface area contributed by atoms with Crippen molar-refractivity contribution in [3.63, 3.8) is 0 Å². The monoisotopic (exact) mass is 260 g/mol. The Morgan fingerprint density at radius 1 is 1.21 bits per heavy atom. The van der Waals surface area contributed by atoms with E-state index in [4.69, 9.17) is 5.73 Å². The van der Waals surface area contributed by atoms with E-state index in [1.54, 1.807) is 0 Å². The fraction of sp³-hybridized carbons (Fsp3) is 0.647. The molecule has 1 aromatic rings. The summed E-state index contributed by atoms with van der Waals surface area (Å²) in [6.45, 7) is 10.0. The van der Waals surface area contributed by atoms with Crippen LogP contribution in [0.25, 0.3) is 0 Å². The van der Waals surface area contributed by atoms with Crippen LogP contribution in [0, 0.1) is 11.8 Å². The first kappa shape index (κ1) is 14.5. The van der Waals surface area contributed by atoms with E-state index in [2.05, 4.69) is 49.9 Å². The maximum Gasteiger partial charge on any atom is 0.0320 e. The highest BCUT2D eigenvalue weighted by molar-refractivity contribution is 5.25. The lowest BCUT2D eigenvalue weighted by atomic mass is 9.99. The summed E-state index contributed by atoms with van der Waals surface area (Å²) in [5, 5.41) is 0. The number of likely N-dealkylation sites (tertiary alicyclic amines) is 1. The number of rotatable bonds is 5. The van der Waals surface area contributed by atoms with Gasteiger partial charge in [-0.25, -0.2) is 0 Å². The van der Waals surface area contributed by atoms with E-state index in [0.29, 0.717) is 12.0 Å². The fourth-order valence-corrected chi connectivity index (χ4v) is 3.02. The highest BCUT2D eigenvalue weighted by atomic mass is 15.2. The lowest BCUT2D eigenvalue weighted by Crippen LogP contribution is -2.26. The second-order valence-electron chi connectivity index (χ2n) is 6.40. The van der Waals surface area contributed by atoms with Crippen LogP contribution in [-0.4, -0.2) is 24.5 Å². The molecule has 1 fully saturated rings. The van der Waals surface area contributed by atoms with Crippen molar-refractivity contribution in [2.45, 2.75) is 39.7 Å². The van der Waals surface area contributed by atoms with Crippen molar-refractivity contribution >= 4 is 0 Å². The van der Waals surface area contributed by atoms with Crippen molar-refractivity contribution < 1.29 is 0 Å². The number of benzene rings is 1. The fourth-order valence-electron chi connectivity index (χ4n) is 3.02. The van der Waals surface area contributed by atoms with Gasteiger partial charge < -0.3 is 5.73 Å². The largest absolute Gasteiger partial charge is 0.330 e. The molecule has 2 N–H and O–H groups in total. The van der Waals surface area contributed by atoms with E-state index in [1.165, 1.54) is 30.5 Å². The lowest BCUT2D eigenvalue weighted by molar-refractivity contribution is 0.253. The third-order valence-electron chi connectivity index (χ3n) is 4.30. The minimum Gasteiger partial charge on any atom is -0.330 e. The molecule has 0 aromatic heterocycles. The molecular weight excluding hydrogens is 232 g/mol. The van der Waals surface area contributed by atoms with Crippen LogP contribution in [-0.2, 0) is 6.42 Å². The second-order valence-corrected chi connectivity index (χ2v) is 6.40. The van der Waals surface area contributed by atoms with Crippen LogP contribution in [0.4, 0.5) is 0 Å². The predicted octanol–water partition coefficient (Wildman–Crippen LogP) is 3.23. The molecule has 1 aliphatic rings. The zero-order valence-electron chi connectivity index (χ0n) is 12.6. The molecule has 1 saturated heterocycles. The molecule has 1 heterocycles. The normalized spacial score (nSPS) is 22.1. The van der Waals surface area contributed by atoms with E-state index in [-0.39, 0.29) is 0 Å². The number of nitrogens with zero attached hydrogens (tertiary/aromatic N) is 1. The first-order valence-electron chi connectivity index (χ1n) is 7.63. The quantitative estimate of drug-likeness (QED) is 0.880. The van der Waals surface area contributed by atoms with Gasteiger partial charge in [0.25, 0.3) is 0 Å². The second kappa shape index (κ2) is 6.53. The van der Waals surface area contributed by atoms with E-state index >= 15 is 0 Å². The van der Waals surface area contributed by atoms with E-state index < -0.39 is 0 Å². The molecule has 1 aromatic carbocycles. The molecule has 0 aliphatic carbocycles. The Morgan fingerprint density at radius 3 is 2.42 bits per heavy atom. The maximum atomic E-state index is 5.77. The molecule has 2 unspecified atom stereocenters. The Kier molecular flexibility index (Phi) is 5.00. The molecule has 0 amide bonds. The molecule has 2 heteroatoms. The van der Waals surface area contributed by atoms with Gasteiger partial charge in [-0.05, 0) is 55.8 Å². The van der Waals surface area contributed by atoms with Gasteiger partial charge >= 0.3 is 0 Å². The van der Waals surface area contributed by atoms with Crippen LogP contribution in [0.15, 0.2) is 24.3 Å². The minimum absolute atomic E-state index is 0.518. The Hall–Kier alpha value is -0.860. The lowest BCUT2D eigenvalue weighted by Gasteiger charge is -2.25. The van der Waals surface area contributed by atoms with Gasteiger partial charge in [0.15, 0.2) is 0 Å². The van der Waals surface area contributed by atoms with Crippen molar-refractivity contribution in [3.05, 3.63) is 35.4 Å². The first-order valence-corrected chi connectivity index (χ1v) is 7.63. The van der Waals surface area contributed by atoms with Crippen molar-refractivity contribution in [3.8, 4) is 0 Å². The molecule has 2 rings (SSSR count). The summed E-state index contributed by atoms with van der Waals surface area (Å²) in [5.41, 5.74) is 8.66. The molecule has 1 aliphatic heterocycles. The van der Waals surface area contributed by atoms with Crippen LogP contribution in [0.1, 0.15) is 44.4 Å². The van der Waals surface area contributed by atoms with Gasteiger partial charge in [-0.3, -0.25) is 4.90 Å². The van der Waals surface area contributed by atoms with Gasteiger partial charge in [0.1, 0.15) is 0 Å². The van der Waals surface area contributed by atoms with Crippen molar-refractivity contribution in [1.82, 2.24) is 4.90 Å². The van der Waals surface area contributed by atoms with Crippen LogP contribution in [0.2, 0.25) is 0 Å². The molecule has 0 spiro atoms. The smallest absolute Gasteiger partial charge is 0.0320 e. The maximum absolute atomic E-state index is 5.77. The minimum atomic E-state index is 0.518. The third-order valence-corrected chi connectivity index (χ3v) is 4.30. The highest BCUT2D eigenvalue weighted by Gasteiger charge is 2.25. The van der Waals surface area contributed by atoms with Gasteiger partial charge in [0, 0.05) is 12.6 Å². The summed E-state index contributed by atoms with van der Waals surface area (Å²) in [6.07, 6.45) is 2.43. The van der Waals surface area contributed by atoms with Gasteiger partial charge in [-0.1, -0.05) is 38.1 Å². The van der Waals surface area contributed by atoms with Crippen LogP contribution < -0.4 is 5.73 Å². The summed E-state index contributed by atoms with van der Waals surface area (Å²) in [6, 6.07) is 9.71. The standard InChI is InChI=1S/C17H28N2/c1-13(2)10-15-4-6-17(7-5-15)14(3)19-9-8-16(11-18)12-19/h4-7,13-14,16H,8-12,18H2,1-3H3. The molecule has 0 bridgehead atoms. The number of hydrogen-bond acceptors (Lipinski definition) is 2. The highest BCUT2D eigenvalue weighted by Crippen LogP contribution is 2.27. The summed E-state index contributed by atoms with van der Waals surface area (Å²) in [7, 11) is 0. The van der Waals surface area contributed by atoms with Gasteiger partial charge in [0.05, 0.1) is 0 Å². The summed E-state index contributed by atoms with van der Waals surface area (Å²) < 4.78 is 0. The SMILES string of the molecule is CC(C)Cc1ccc(C(C)N2CCC(CN)C2)cc1. The first-order chi connectivity index (χ1) is 9.10. The Morgan fingerprint density at radius 2 is 1.89 bits per heavy atom. The average Bonchev–Trinajstić information content (AvgIpc) is 2.87. The zero-order valence-corrected chi connectivity index (χ0v) is 12.6. The third kappa shape index (κ3) is 3.80. The van der Waals surface area contributed by atoms with Crippen LogP contribution in [0.3, 0.4) is 0 Å². The van der Waals surface area contributed by atoms with Gasteiger partial charge in [-0.15, -0.1) is 0 Å².